The van der Waals surface area contributed by atoms with Crippen LogP contribution in [0.15, 0.2) is 0 Å². The minimum Gasteiger partial charge on any atom is -0.388 e. The van der Waals surface area contributed by atoms with Gasteiger partial charge >= 0.3 is 0 Å². The summed E-state index contributed by atoms with van der Waals surface area (Å²) in [5.41, 5.74) is -0.751. The molecule has 1 amide bonds. The number of aliphatic hydroxyl groups is 1. The number of amides is 1. The van der Waals surface area contributed by atoms with Crippen molar-refractivity contribution in [2.24, 2.45) is 0 Å². The van der Waals surface area contributed by atoms with E-state index in [1.165, 1.54) is 12.8 Å². The number of hydrogen-bond acceptors (Lipinski definition) is 3. The lowest BCUT2D eigenvalue weighted by atomic mass is 9.90. The Balaban J connectivity index is 2.41. The van der Waals surface area contributed by atoms with E-state index in [-0.39, 0.29) is 5.91 Å². The zero-order valence-corrected chi connectivity index (χ0v) is 13.1. The summed E-state index contributed by atoms with van der Waals surface area (Å²) in [6.45, 7) is 7.17. The van der Waals surface area contributed by atoms with Gasteiger partial charge in [0.1, 0.15) is 5.38 Å². The molecule has 0 aromatic rings. The lowest BCUT2D eigenvalue weighted by Crippen LogP contribution is -2.52. The molecule has 19 heavy (non-hydrogen) atoms. The second kappa shape index (κ2) is 7.46. The second-order valence-corrected chi connectivity index (χ2v) is 6.38. The number of piperidine rings is 1. The van der Waals surface area contributed by atoms with E-state index >= 15 is 0 Å². The Hall–Kier alpha value is -0.320. The van der Waals surface area contributed by atoms with Gasteiger partial charge in [-0.1, -0.05) is 13.3 Å². The summed E-state index contributed by atoms with van der Waals surface area (Å²) in [6.07, 6.45) is 3.86. The van der Waals surface area contributed by atoms with Crippen molar-refractivity contribution in [1.82, 2.24) is 9.80 Å². The number of unbranched alkanes of at least 4 members (excludes halogenated alkanes) is 1. The molecule has 1 N–H and O–H groups in total. The molecule has 1 unspecified atom stereocenters. The van der Waals surface area contributed by atoms with Gasteiger partial charge in [-0.05, 0) is 32.7 Å². The highest BCUT2D eigenvalue weighted by Crippen LogP contribution is 2.23. The van der Waals surface area contributed by atoms with Gasteiger partial charge in [0, 0.05) is 26.7 Å². The Morgan fingerprint density at radius 1 is 1.47 bits per heavy atom. The average Bonchev–Trinajstić information content (AvgIpc) is 2.36. The summed E-state index contributed by atoms with van der Waals surface area (Å²) in [4.78, 5) is 15.7. The first kappa shape index (κ1) is 16.7. The van der Waals surface area contributed by atoms with E-state index in [2.05, 4.69) is 11.8 Å². The van der Waals surface area contributed by atoms with Crippen molar-refractivity contribution >= 4 is 17.5 Å². The Bertz CT molecular complexity index is 289. The highest BCUT2D eigenvalue weighted by Gasteiger charge is 2.34. The van der Waals surface area contributed by atoms with Crippen molar-refractivity contribution in [3.05, 3.63) is 0 Å². The topological polar surface area (TPSA) is 43.8 Å². The summed E-state index contributed by atoms with van der Waals surface area (Å²) >= 11 is 5.79. The maximum atomic E-state index is 11.7. The van der Waals surface area contributed by atoms with Gasteiger partial charge in [-0.2, -0.15) is 0 Å². The number of carbonyl (C=O) groups is 1. The number of alkyl halides is 1. The molecule has 1 rings (SSSR count). The molecule has 4 nitrogen and oxygen atoms in total. The fraction of sp³-hybridized carbons (Fsp3) is 0.929. The predicted octanol–water partition coefficient (Wildman–Crippen LogP) is 1.70. The predicted molar refractivity (Wildman–Crippen MR) is 78.5 cm³/mol. The molecule has 112 valence electrons. The number of nitrogens with zero attached hydrogens (tertiary/aromatic N) is 2. The molecule has 0 aromatic carbocycles. The zero-order chi connectivity index (χ0) is 14.5. The van der Waals surface area contributed by atoms with Crippen LogP contribution < -0.4 is 0 Å². The summed E-state index contributed by atoms with van der Waals surface area (Å²) in [5.74, 6) is -0.122. The van der Waals surface area contributed by atoms with Crippen LogP contribution in [0.5, 0.6) is 0 Å². The molecule has 0 aliphatic carbocycles. The number of hydrogen-bond donors (Lipinski definition) is 1. The van der Waals surface area contributed by atoms with Crippen LogP contribution in [0, 0.1) is 0 Å². The van der Waals surface area contributed by atoms with Crippen molar-refractivity contribution in [2.45, 2.75) is 50.5 Å². The van der Waals surface area contributed by atoms with E-state index in [4.69, 9.17) is 11.6 Å². The van der Waals surface area contributed by atoms with Crippen LogP contribution >= 0.6 is 11.6 Å². The van der Waals surface area contributed by atoms with Gasteiger partial charge in [-0.15, -0.1) is 11.6 Å². The second-order valence-electron chi connectivity index (χ2n) is 5.73. The van der Waals surface area contributed by atoms with Crippen LogP contribution in [0.2, 0.25) is 0 Å². The van der Waals surface area contributed by atoms with E-state index in [0.29, 0.717) is 6.54 Å². The van der Waals surface area contributed by atoms with Gasteiger partial charge in [0.25, 0.3) is 0 Å². The van der Waals surface area contributed by atoms with Gasteiger partial charge in [0.15, 0.2) is 0 Å². The lowest BCUT2D eigenvalue weighted by Gasteiger charge is -2.40. The summed E-state index contributed by atoms with van der Waals surface area (Å²) < 4.78 is 0. The Kier molecular flexibility index (Phi) is 6.57. The summed E-state index contributed by atoms with van der Waals surface area (Å²) in [6, 6.07) is 0. The third-order valence-electron chi connectivity index (χ3n) is 3.86. The molecule has 1 atom stereocenters. The third-order valence-corrected chi connectivity index (χ3v) is 4.05. The van der Waals surface area contributed by atoms with E-state index in [0.717, 1.165) is 32.5 Å². The van der Waals surface area contributed by atoms with Gasteiger partial charge < -0.3 is 14.9 Å². The molecule has 1 aliphatic rings. The van der Waals surface area contributed by atoms with Crippen LogP contribution in [-0.4, -0.2) is 65.0 Å². The Morgan fingerprint density at radius 2 is 2.05 bits per heavy atom. The normalized spacial score (nSPS) is 21.1. The average molecular weight is 291 g/mol. The first-order chi connectivity index (χ1) is 8.88. The molecule has 1 fully saturated rings. The standard InChI is InChI=1S/C14H27ClN2O2/c1-4-5-8-17-9-6-14(19,7-10-17)11-16(3)13(18)12(2)15/h12,19H,4-11H2,1-3H3. The smallest absolute Gasteiger partial charge is 0.240 e. The van der Waals surface area contributed by atoms with Crippen LogP contribution in [0.1, 0.15) is 39.5 Å². The minimum atomic E-state index is -0.751. The number of likely N-dealkylation sites (N-methyl/N-ethyl adjacent to an activating group) is 1. The van der Waals surface area contributed by atoms with E-state index in [1.54, 1.807) is 18.9 Å². The van der Waals surface area contributed by atoms with Crippen LogP contribution in [0.25, 0.3) is 0 Å². The van der Waals surface area contributed by atoms with Crippen molar-refractivity contribution in [3.8, 4) is 0 Å². The highest BCUT2D eigenvalue weighted by atomic mass is 35.5. The molecule has 1 heterocycles. The molecular formula is C14H27ClN2O2. The van der Waals surface area contributed by atoms with Crippen molar-refractivity contribution in [2.75, 3.05) is 33.2 Å². The molecule has 1 aliphatic heterocycles. The molecule has 0 spiro atoms. The molecule has 0 radical (unpaired) electrons. The van der Waals surface area contributed by atoms with E-state index in [9.17, 15) is 9.90 Å². The van der Waals surface area contributed by atoms with Gasteiger partial charge in [-0.25, -0.2) is 0 Å². The molecule has 1 saturated heterocycles. The van der Waals surface area contributed by atoms with Crippen LogP contribution in [0.3, 0.4) is 0 Å². The van der Waals surface area contributed by atoms with Crippen molar-refractivity contribution in [1.29, 1.82) is 0 Å². The zero-order valence-electron chi connectivity index (χ0n) is 12.4. The molecule has 0 bridgehead atoms. The quantitative estimate of drug-likeness (QED) is 0.757. The van der Waals surface area contributed by atoms with Crippen molar-refractivity contribution < 1.29 is 9.90 Å². The van der Waals surface area contributed by atoms with E-state index < -0.39 is 11.0 Å². The SMILES string of the molecule is CCCCN1CCC(O)(CN(C)C(=O)C(C)Cl)CC1. The maximum absolute atomic E-state index is 11.7. The van der Waals surface area contributed by atoms with Crippen LogP contribution in [0.4, 0.5) is 0 Å². The monoisotopic (exact) mass is 290 g/mol. The molecule has 0 aromatic heterocycles. The minimum absolute atomic E-state index is 0.122. The Morgan fingerprint density at radius 3 is 2.53 bits per heavy atom. The molecular weight excluding hydrogens is 264 g/mol. The van der Waals surface area contributed by atoms with Crippen LogP contribution in [-0.2, 0) is 4.79 Å². The van der Waals surface area contributed by atoms with Gasteiger partial charge in [0.05, 0.1) is 5.60 Å². The fourth-order valence-electron chi connectivity index (χ4n) is 2.56. The summed E-state index contributed by atoms with van der Waals surface area (Å²) in [7, 11) is 1.71. The first-order valence-corrected chi connectivity index (χ1v) is 7.65. The Labute approximate surface area is 121 Å². The number of halogens is 1. The van der Waals surface area contributed by atoms with E-state index in [1.807, 2.05) is 0 Å². The lowest BCUT2D eigenvalue weighted by molar-refractivity contribution is -0.134. The molecule has 5 heteroatoms. The van der Waals surface area contributed by atoms with Crippen molar-refractivity contribution in [3.63, 3.8) is 0 Å². The maximum Gasteiger partial charge on any atom is 0.240 e. The largest absolute Gasteiger partial charge is 0.388 e. The third kappa shape index (κ3) is 5.28. The highest BCUT2D eigenvalue weighted by molar-refractivity contribution is 6.30. The van der Waals surface area contributed by atoms with Gasteiger partial charge in [-0.3, -0.25) is 4.79 Å². The summed E-state index contributed by atoms with van der Waals surface area (Å²) in [5, 5.41) is 10.0. The van der Waals surface area contributed by atoms with Gasteiger partial charge in [0.2, 0.25) is 5.91 Å². The number of rotatable bonds is 6. The number of likely N-dealkylation sites (tertiary alicyclic amines) is 1. The number of carbonyl (C=O) groups excluding carboxylic acids is 1. The molecule has 0 saturated carbocycles. The first-order valence-electron chi connectivity index (χ1n) is 7.22. The fourth-order valence-corrected chi connectivity index (χ4v) is 2.72.